The minimum atomic E-state index is -4.60. The molecule has 134 valence electrons. The fraction of sp³-hybridized carbons (Fsp3) is 0.125. The molecule has 0 saturated carbocycles. The van der Waals surface area contributed by atoms with E-state index in [-0.39, 0.29) is 12.5 Å². The van der Waals surface area contributed by atoms with E-state index in [0.29, 0.717) is 5.56 Å². The van der Waals surface area contributed by atoms with Crippen molar-refractivity contribution in [1.82, 2.24) is 20.0 Å². The maximum atomic E-state index is 12.6. The summed E-state index contributed by atoms with van der Waals surface area (Å²) in [6.07, 6.45) is -0.819. The Morgan fingerprint density at radius 2 is 2.04 bits per heavy atom. The first-order valence-electron chi connectivity index (χ1n) is 7.42. The monoisotopic (exact) mass is 362 g/mol. The highest BCUT2D eigenvalue weighted by Gasteiger charge is 2.32. The van der Waals surface area contributed by atoms with Crippen molar-refractivity contribution < 1.29 is 18.0 Å². The Morgan fingerprint density at radius 3 is 2.77 bits per heavy atom. The third-order valence-corrected chi connectivity index (χ3v) is 3.55. The van der Waals surface area contributed by atoms with Gasteiger partial charge in [-0.3, -0.25) is 15.6 Å². The molecule has 2 heterocycles. The number of fused-ring (bicyclic) bond motifs is 1. The van der Waals surface area contributed by atoms with E-state index in [1.807, 2.05) is 12.1 Å². The molecular weight excluding hydrogens is 349 g/mol. The van der Waals surface area contributed by atoms with Crippen LogP contribution in [0, 0.1) is 5.41 Å². The first-order chi connectivity index (χ1) is 12.4. The lowest BCUT2D eigenvalue weighted by molar-refractivity contribution is -0.141. The van der Waals surface area contributed by atoms with E-state index >= 15 is 0 Å². The van der Waals surface area contributed by atoms with Crippen LogP contribution in [0.3, 0.4) is 0 Å². The second-order valence-corrected chi connectivity index (χ2v) is 5.31. The fourth-order valence-corrected chi connectivity index (χ4v) is 2.42. The number of nitrogens with zero attached hydrogens (tertiary/aromatic N) is 3. The summed E-state index contributed by atoms with van der Waals surface area (Å²) < 4.78 is 39.5. The second-order valence-electron chi connectivity index (χ2n) is 5.31. The Morgan fingerprint density at radius 1 is 1.27 bits per heavy atom. The van der Waals surface area contributed by atoms with Gasteiger partial charge in [-0.1, -0.05) is 18.2 Å². The molecule has 0 aliphatic rings. The summed E-state index contributed by atoms with van der Waals surface area (Å²) in [5.74, 6) is -0.881. The lowest BCUT2D eigenvalue weighted by Crippen LogP contribution is -2.33. The van der Waals surface area contributed by atoms with E-state index in [2.05, 4.69) is 20.8 Å². The normalized spacial score (nSPS) is 11.3. The molecule has 0 aliphatic carbocycles. The number of amides is 1. The molecule has 0 aliphatic heterocycles. The van der Waals surface area contributed by atoms with Crippen molar-refractivity contribution in [2.45, 2.75) is 12.7 Å². The molecule has 0 radical (unpaired) electrons. The fourth-order valence-electron chi connectivity index (χ4n) is 2.42. The number of alkyl halides is 3. The van der Waals surface area contributed by atoms with Crippen LogP contribution in [-0.2, 0) is 17.5 Å². The summed E-state index contributed by atoms with van der Waals surface area (Å²) in [5, 5.41) is 8.25. The lowest BCUT2D eigenvalue weighted by Gasteiger charge is -2.10. The van der Waals surface area contributed by atoms with Crippen molar-refractivity contribution in [3.8, 4) is 0 Å². The van der Waals surface area contributed by atoms with Crippen LogP contribution in [0.15, 0.2) is 42.7 Å². The molecule has 1 amide bonds. The quantitative estimate of drug-likeness (QED) is 0.480. The van der Waals surface area contributed by atoms with E-state index < -0.39 is 17.8 Å². The Kier molecular flexibility index (Phi) is 4.57. The van der Waals surface area contributed by atoms with Crippen molar-refractivity contribution in [3.05, 3.63) is 54.0 Å². The molecule has 0 bridgehead atoms. The number of hydrogen-bond donors (Lipinski definition) is 3. The molecule has 3 N–H and O–H groups in total. The van der Waals surface area contributed by atoms with Gasteiger partial charge in [-0.15, -0.1) is 0 Å². The predicted octanol–water partition coefficient (Wildman–Crippen LogP) is 2.59. The van der Waals surface area contributed by atoms with E-state index in [9.17, 15) is 18.0 Å². The minimum Gasteiger partial charge on any atom is -0.337 e. The van der Waals surface area contributed by atoms with Gasteiger partial charge in [0.2, 0.25) is 5.95 Å². The minimum absolute atomic E-state index is 0.0969. The molecule has 0 saturated heterocycles. The Hall–Kier alpha value is -3.43. The zero-order valence-electron chi connectivity index (χ0n) is 13.2. The van der Waals surface area contributed by atoms with Crippen LogP contribution < -0.4 is 10.9 Å². The highest BCUT2D eigenvalue weighted by molar-refractivity contribution is 5.98. The summed E-state index contributed by atoms with van der Waals surface area (Å²) in [7, 11) is 0. The van der Waals surface area contributed by atoms with Crippen LogP contribution in [0.25, 0.3) is 10.9 Å². The molecular formula is C16H13F3N6O. The molecule has 0 atom stereocenters. The highest BCUT2D eigenvalue weighted by atomic mass is 19.4. The third kappa shape index (κ3) is 3.63. The predicted molar refractivity (Wildman–Crippen MR) is 88.6 cm³/mol. The third-order valence-electron chi connectivity index (χ3n) is 3.55. The van der Waals surface area contributed by atoms with Crippen LogP contribution >= 0.6 is 0 Å². The van der Waals surface area contributed by atoms with Gasteiger partial charge in [0.1, 0.15) is 12.2 Å². The van der Waals surface area contributed by atoms with Gasteiger partial charge in [0.25, 0.3) is 5.91 Å². The number of para-hydroxylation sites is 1. The maximum absolute atomic E-state index is 12.6. The molecule has 1 aromatic carbocycles. The van der Waals surface area contributed by atoms with Gasteiger partial charge in [0.05, 0.1) is 0 Å². The first-order valence-corrected chi connectivity index (χ1v) is 7.42. The summed E-state index contributed by atoms with van der Waals surface area (Å²) in [6.45, 7) is -0.0969. The lowest BCUT2D eigenvalue weighted by atomic mass is 10.2. The first kappa shape index (κ1) is 17.4. The molecule has 26 heavy (non-hydrogen) atoms. The van der Waals surface area contributed by atoms with E-state index in [1.54, 1.807) is 22.9 Å². The summed E-state index contributed by atoms with van der Waals surface area (Å²) >= 11 is 0. The zero-order valence-corrected chi connectivity index (χ0v) is 13.2. The average molecular weight is 362 g/mol. The van der Waals surface area contributed by atoms with Crippen LogP contribution in [0.2, 0.25) is 0 Å². The molecule has 2 aromatic heterocycles. The van der Waals surface area contributed by atoms with Crippen LogP contribution in [-0.4, -0.2) is 26.7 Å². The Labute approximate surface area is 145 Å². The number of halogens is 3. The second kappa shape index (κ2) is 6.82. The van der Waals surface area contributed by atoms with Gasteiger partial charge in [0.15, 0.2) is 0 Å². The number of hydrogen-bond acceptors (Lipinski definition) is 5. The number of benzene rings is 1. The molecule has 3 aromatic rings. The van der Waals surface area contributed by atoms with E-state index in [4.69, 9.17) is 5.41 Å². The van der Waals surface area contributed by atoms with Crippen molar-refractivity contribution in [2.75, 3.05) is 5.43 Å². The highest BCUT2D eigenvalue weighted by Crippen LogP contribution is 2.27. The van der Waals surface area contributed by atoms with Crippen LogP contribution in [0.5, 0.6) is 0 Å². The van der Waals surface area contributed by atoms with E-state index in [0.717, 1.165) is 23.2 Å². The van der Waals surface area contributed by atoms with Gasteiger partial charge in [-0.2, -0.15) is 13.2 Å². The van der Waals surface area contributed by atoms with Gasteiger partial charge in [-0.05, 0) is 12.1 Å². The Bertz CT molecular complexity index is 966. The number of aromatic nitrogens is 3. The van der Waals surface area contributed by atoms with E-state index in [1.165, 1.54) is 6.21 Å². The van der Waals surface area contributed by atoms with Crippen LogP contribution in [0.4, 0.5) is 19.1 Å². The molecule has 7 nitrogen and oxygen atoms in total. The number of nitrogens with one attached hydrogen (secondary N) is 3. The number of anilines is 1. The summed E-state index contributed by atoms with van der Waals surface area (Å²) in [5.41, 5.74) is 4.83. The topological polar surface area (TPSA) is 95.7 Å². The largest absolute Gasteiger partial charge is 0.433 e. The molecule has 0 spiro atoms. The average Bonchev–Trinajstić information content (AvgIpc) is 2.97. The number of carbonyl (C=O) groups excluding carboxylic acids is 1. The summed E-state index contributed by atoms with van der Waals surface area (Å²) in [6, 6.07) is 8.00. The van der Waals surface area contributed by atoms with Crippen LogP contribution in [0.1, 0.15) is 11.3 Å². The van der Waals surface area contributed by atoms with Crippen molar-refractivity contribution in [3.63, 3.8) is 0 Å². The van der Waals surface area contributed by atoms with Gasteiger partial charge < -0.3 is 9.98 Å². The standard InChI is InChI=1S/C16H13F3N6O/c17-16(18,19)13-5-6-21-15(22-13)24-23-14(26)9-25-8-10(7-20)11-3-1-2-4-12(11)25/h1-8,20H,9H2,(H,23,26)(H,21,22,24). The van der Waals surface area contributed by atoms with Gasteiger partial charge >= 0.3 is 6.18 Å². The Balaban J connectivity index is 1.70. The van der Waals surface area contributed by atoms with Crippen molar-refractivity contribution >= 4 is 29.0 Å². The molecule has 0 unspecified atom stereocenters. The number of carbonyl (C=O) groups is 1. The van der Waals surface area contributed by atoms with Gasteiger partial charge in [-0.25, -0.2) is 9.97 Å². The van der Waals surface area contributed by atoms with Gasteiger partial charge in [0, 0.05) is 35.1 Å². The maximum Gasteiger partial charge on any atom is 0.433 e. The number of hydrazine groups is 1. The molecule has 3 rings (SSSR count). The number of rotatable bonds is 5. The zero-order chi connectivity index (χ0) is 18.7. The molecule has 10 heteroatoms. The SMILES string of the molecule is N=Cc1cn(CC(=O)NNc2nccc(C(F)(F)F)n2)c2ccccc12. The molecule has 0 fully saturated rings. The smallest absolute Gasteiger partial charge is 0.337 e. The van der Waals surface area contributed by atoms with Crippen molar-refractivity contribution in [2.24, 2.45) is 0 Å². The van der Waals surface area contributed by atoms with Crippen molar-refractivity contribution in [1.29, 1.82) is 5.41 Å². The summed E-state index contributed by atoms with van der Waals surface area (Å²) in [4.78, 5) is 19.0.